The van der Waals surface area contributed by atoms with E-state index >= 15 is 0 Å². The molecule has 0 atom stereocenters. The van der Waals surface area contributed by atoms with E-state index in [1.165, 1.54) is 11.1 Å². The van der Waals surface area contributed by atoms with Gasteiger partial charge in [-0.1, -0.05) is 17.7 Å². The van der Waals surface area contributed by atoms with Gasteiger partial charge < -0.3 is 10.1 Å². The Labute approximate surface area is 162 Å². The fourth-order valence-corrected chi connectivity index (χ4v) is 4.13. The molecule has 1 N–H and O–H groups in total. The van der Waals surface area contributed by atoms with Crippen LogP contribution in [0.3, 0.4) is 0 Å². The van der Waals surface area contributed by atoms with E-state index in [0.29, 0.717) is 6.54 Å². The topological polar surface area (TPSA) is 68.6 Å². The van der Waals surface area contributed by atoms with E-state index in [1.807, 2.05) is 6.07 Å². The van der Waals surface area contributed by atoms with Crippen LogP contribution in [0.4, 0.5) is 0 Å². The Balaban J connectivity index is 1.47. The minimum atomic E-state index is -0.624. The van der Waals surface area contributed by atoms with Gasteiger partial charge in [-0.2, -0.15) is 5.26 Å². The van der Waals surface area contributed by atoms with Gasteiger partial charge in [-0.3, -0.25) is 14.6 Å². The number of methoxy groups -OCH3 is 1. The molecule has 0 unspecified atom stereocenters. The van der Waals surface area contributed by atoms with Gasteiger partial charge in [0.1, 0.15) is 11.3 Å². The molecule has 27 heavy (non-hydrogen) atoms. The largest absolute Gasteiger partial charge is 0.496 e. The summed E-state index contributed by atoms with van der Waals surface area (Å²) in [4.78, 5) is 17.0. The Morgan fingerprint density at radius 2 is 1.89 bits per heavy atom. The third-order valence-corrected chi connectivity index (χ3v) is 5.71. The first-order valence-corrected chi connectivity index (χ1v) is 9.84. The molecule has 0 bridgehead atoms. The first kappa shape index (κ1) is 19.7. The number of hydrogen-bond donors (Lipinski definition) is 1. The molecule has 1 aliphatic heterocycles. The standard InChI is InChI=1S/C21H30N4O2/c1-17-5-6-19(27-2)18(13-17)14-24-9-11-25(12-10-24)15-20(26)23-21(16-22)7-3-4-8-21/h5-6,13H,3-4,7-12,14-15H2,1-2H3,(H,23,26). The highest BCUT2D eigenvalue weighted by atomic mass is 16.5. The summed E-state index contributed by atoms with van der Waals surface area (Å²) in [5.41, 5.74) is 1.82. The van der Waals surface area contributed by atoms with Crippen LogP contribution in [0.5, 0.6) is 5.75 Å². The second kappa shape index (κ2) is 8.73. The van der Waals surface area contributed by atoms with E-state index in [-0.39, 0.29) is 5.91 Å². The van der Waals surface area contributed by atoms with Crippen molar-refractivity contribution < 1.29 is 9.53 Å². The lowest BCUT2D eigenvalue weighted by molar-refractivity contribution is -0.124. The van der Waals surface area contributed by atoms with Crippen molar-refractivity contribution in [2.45, 2.75) is 44.7 Å². The second-order valence-electron chi connectivity index (χ2n) is 7.82. The zero-order valence-corrected chi connectivity index (χ0v) is 16.5. The molecule has 146 valence electrons. The highest BCUT2D eigenvalue weighted by Gasteiger charge is 2.35. The predicted molar refractivity (Wildman–Crippen MR) is 104 cm³/mol. The Bertz CT molecular complexity index is 699. The van der Waals surface area contributed by atoms with Gasteiger partial charge in [-0.05, 0) is 38.7 Å². The number of hydrogen-bond acceptors (Lipinski definition) is 5. The number of nitrogens with zero attached hydrogens (tertiary/aromatic N) is 3. The molecule has 1 heterocycles. The first-order valence-electron chi connectivity index (χ1n) is 9.84. The molecule has 1 aromatic rings. The van der Waals surface area contributed by atoms with Crippen molar-refractivity contribution in [1.29, 1.82) is 5.26 Å². The number of ether oxygens (including phenoxy) is 1. The third kappa shape index (κ3) is 5.00. The lowest BCUT2D eigenvalue weighted by atomic mass is 10.00. The van der Waals surface area contributed by atoms with E-state index < -0.39 is 5.54 Å². The van der Waals surface area contributed by atoms with Crippen LogP contribution >= 0.6 is 0 Å². The molecule has 1 amide bonds. The van der Waals surface area contributed by atoms with Crippen LogP contribution in [0, 0.1) is 18.3 Å². The summed E-state index contributed by atoms with van der Waals surface area (Å²) in [6, 6.07) is 8.60. The summed E-state index contributed by atoms with van der Waals surface area (Å²) in [5, 5.41) is 12.4. The molecule has 0 aromatic heterocycles. The lowest BCUT2D eigenvalue weighted by Gasteiger charge is -2.35. The quantitative estimate of drug-likeness (QED) is 0.830. The van der Waals surface area contributed by atoms with Crippen LogP contribution in [-0.2, 0) is 11.3 Å². The summed E-state index contributed by atoms with van der Waals surface area (Å²) in [7, 11) is 1.71. The molecule has 2 fully saturated rings. The van der Waals surface area contributed by atoms with E-state index in [4.69, 9.17) is 4.74 Å². The van der Waals surface area contributed by atoms with Gasteiger partial charge in [-0.15, -0.1) is 0 Å². The zero-order chi connectivity index (χ0) is 19.3. The molecule has 6 nitrogen and oxygen atoms in total. The molecule has 1 aromatic carbocycles. The molecule has 6 heteroatoms. The SMILES string of the molecule is COc1ccc(C)cc1CN1CCN(CC(=O)NC2(C#N)CCCC2)CC1. The monoisotopic (exact) mass is 370 g/mol. The van der Waals surface area contributed by atoms with Gasteiger partial charge in [0, 0.05) is 38.3 Å². The number of aryl methyl sites for hydroxylation is 1. The second-order valence-corrected chi connectivity index (χ2v) is 7.82. The fraction of sp³-hybridized carbons (Fsp3) is 0.619. The predicted octanol–water partition coefficient (Wildman–Crippen LogP) is 2.07. The van der Waals surface area contributed by atoms with Crippen LogP contribution in [0.1, 0.15) is 36.8 Å². The summed E-state index contributed by atoms with van der Waals surface area (Å²) >= 11 is 0. The summed E-state index contributed by atoms with van der Waals surface area (Å²) in [6.45, 7) is 6.91. The molecule has 1 saturated heterocycles. The maximum Gasteiger partial charge on any atom is 0.235 e. The Morgan fingerprint density at radius 1 is 1.22 bits per heavy atom. The number of benzene rings is 1. The summed E-state index contributed by atoms with van der Waals surface area (Å²) < 4.78 is 5.48. The average Bonchev–Trinajstić information content (AvgIpc) is 3.12. The normalized spacial score (nSPS) is 20.2. The Hall–Kier alpha value is -2.10. The van der Waals surface area contributed by atoms with Gasteiger partial charge in [0.25, 0.3) is 0 Å². The summed E-state index contributed by atoms with van der Waals surface area (Å²) in [5.74, 6) is 0.910. The molecule has 0 spiro atoms. The zero-order valence-electron chi connectivity index (χ0n) is 16.5. The number of nitrogens with one attached hydrogen (secondary N) is 1. The van der Waals surface area contributed by atoms with Crippen molar-refractivity contribution in [2.75, 3.05) is 39.8 Å². The van der Waals surface area contributed by atoms with Crippen molar-refractivity contribution in [3.63, 3.8) is 0 Å². The highest BCUT2D eigenvalue weighted by Crippen LogP contribution is 2.28. The van der Waals surface area contributed by atoms with Crippen molar-refractivity contribution in [3.8, 4) is 11.8 Å². The lowest BCUT2D eigenvalue weighted by Crippen LogP contribution is -2.52. The highest BCUT2D eigenvalue weighted by molar-refractivity contribution is 5.79. The number of amides is 1. The van der Waals surface area contributed by atoms with Crippen LogP contribution in [0.15, 0.2) is 18.2 Å². The average molecular weight is 370 g/mol. The number of carbonyl (C=O) groups excluding carboxylic acids is 1. The molecule has 1 saturated carbocycles. The smallest absolute Gasteiger partial charge is 0.235 e. The number of nitriles is 1. The molecule has 0 radical (unpaired) electrons. The Kier molecular flexibility index (Phi) is 6.35. The number of piperazine rings is 1. The fourth-order valence-electron chi connectivity index (χ4n) is 4.13. The third-order valence-electron chi connectivity index (χ3n) is 5.71. The van der Waals surface area contributed by atoms with Gasteiger partial charge >= 0.3 is 0 Å². The van der Waals surface area contributed by atoms with Crippen molar-refractivity contribution >= 4 is 5.91 Å². The van der Waals surface area contributed by atoms with Crippen molar-refractivity contribution in [3.05, 3.63) is 29.3 Å². The molecule has 3 rings (SSSR count). The van der Waals surface area contributed by atoms with Gasteiger partial charge in [0.05, 0.1) is 19.7 Å². The molecule has 1 aliphatic carbocycles. The molecular weight excluding hydrogens is 340 g/mol. The minimum absolute atomic E-state index is 0.0211. The van der Waals surface area contributed by atoms with Crippen molar-refractivity contribution in [2.24, 2.45) is 0 Å². The first-order chi connectivity index (χ1) is 13.0. The van der Waals surface area contributed by atoms with Crippen LogP contribution < -0.4 is 10.1 Å². The van der Waals surface area contributed by atoms with Crippen LogP contribution in [0.25, 0.3) is 0 Å². The molecule has 2 aliphatic rings. The van der Waals surface area contributed by atoms with E-state index in [0.717, 1.165) is 64.2 Å². The maximum atomic E-state index is 12.4. The summed E-state index contributed by atoms with van der Waals surface area (Å²) in [6.07, 6.45) is 3.60. The number of carbonyl (C=O) groups is 1. The Morgan fingerprint density at radius 3 is 2.52 bits per heavy atom. The molecular formula is C21H30N4O2. The van der Waals surface area contributed by atoms with Gasteiger partial charge in [0.15, 0.2) is 0 Å². The number of rotatable bonds is 6. The van der Waals surface area contributed by atoms with E-state index in [2.05, 4.69) is 40.2 Å². The van der Waals surface area contributed by atoms with E-state index in [9.17, 15) is 10.1 Å². The van der Waals surface area contributed by atoms with Crippen LogP contribution in [-0.4, -0.2) is 61.1 Å². The maximum absolute atomic E-state index is 12.4. The van der Waals surface area contributed by atoms with Crippen LogP contribution in [0.2, 0.25) is 0 Å². The minimum Gasteiger partial charge on any atom is -0.496 e. The van der Waals surface area contributed by atoms with Gasteiger partial charge in [0.2, 0.25) is 5.91 Å². The van der Waals surface area contributed by atoms with Crippen molar-refractivity contribution in [1.82, 2.24) is 15.1 Å². The van der Waals surface area contributed by atoms with E-state index in [1.54, 1.807) is 7.11 Å². The van der Waals surface area contributed by atoms with Gasteiger partial charge in [-0.25, -0.2) is 0 Å².